The van der Waals surface area contributed by atoms with E-state index in [1.807, 2.05) is 0 Å². The van der Waals surface area contributed by atoms with Crippen LogP contribution >= 0.6 is 0 Å². The lowest BCUT2D eigenvalue weighted by Gasteiger charge is -2.26. The van der Waals surface area contributed by atoms with Crippen LogP contribution in [0.3, 0.4) is 0 Å². The van der Waals surface area contributed by atoms with Gasteiger partial charge in [0.15, 0.2) is 6.10 Å². The number of likely N-dealkylation sites (N-methyl/N-ethyl adjacent to an activating group) is 1. The van der Waals surface area contributed by atoms with Crippen molar-refractivity contribution in [3.63, 3.8) is 0 Å². The van der Waals surface area contributed by atoms with Crippen LogP contribution in [-0.4, -0.2) is 81.5 Å². The van der Waals surface area contributed by atoms with E-state index in [0.717, 1.165) is 4.90 Å². The third-order valence-corrected chi connectivity index (χ3v) is 1.95. The minimum Gasteiger partial charge on any atom is -0.394 e. The molecule has 15 heavy (non-hydrogen) atoms. The van der Waals surface area contributed by atoms with Gasteiger partial charge in [-0.2, -0.15) is 0 Å². The van der Waals surface area contributed by atoms with Crippen molar-refractivity contribution in [1.29, 1.82) is 0 Å². The minimum atomic E-state index is -1.85. The van der Waals surface area contributed by atoms with Gasteiger partial charge in [0.25, 0.3) is 5.91 Å². The summed E-state index contributed by atoms with van der Waals surface area (Å²) in [6, 6.07) is 0. The van der Waals surface area contributed by atoms with Gasteiger partial charge in [0, 0.05) is 14.1 Å². The molecule has 1 amide bonds. The second kappa shape index (κ2) is 5.99. The van der Waals surface area contributed by atoms with E-state index in [4.69, 9.17) is 10.2 Å². The van der Waals surface area contributed by atoms with Crippen molar-refractivity contribution in [2.45, 2.75) is 24.4 Å². The van der Waals surface area contributed by atoms with Crippen LogP contribution in [0.4, 0.5) is 0 Å². The van der Waals surface area contributed by atoms with Crippen LogP contribution in [0.15, 0.2) is 0 Å². The highest BCUT2D eigenvalue weighted by molar-refractivity contribution is 5.80. The van der Waals surface area contributed by atoms with E-state index < -0.39 is 36.9 Å². The van der Waals surface area contributed by atoms with Crippen molar-refractivity contribution < 1.29 is 30.3 Å². The van der Waals surface area contributed by atoms with Crippen LogP contribution in [0.25, 0.3) is 0 Å². The van der Waals surface area contributed by atoms with Gasteiger partial charge in [0.2, 0.25) is 0 Å². The molecule has 0 aromatic heterocycles. The number of rotatable bonds is 5. The van der Waals surface area contributed by atoms with Crippen LogP contribution in [0.1, 0.15) is 0 Å². The van der Waals surface area contributed by atoms with Gasteiger partial charge in [0.05, 0.1) is 6.61 Å². The first-order valence-corrected chi connectivity index (χ1v) is 4.37. The molecule has 0 radical (unpaired) electrons. The van der Waals surface area contributed by atoms with Crippen molar-refractivity contribution in [2.75, 3.05) is 20.7 Å². The van der Waals surface area contributed by atoms with E-state index in [1.165, 1.54) is 14.1 Å². The maximum atomic E-state index is 11.2. The molecule has 0 spiro atoms. The Kier molecular flexibility index (Phi) is 5.69. The first-order valence-electron chi connectivity index (χ1n) is 4.37. The zero-order chi connectivity index (χ0) is 12.2. The second-order valence-electron chi connectivity index (χ2n) is 3.41. The summed E-state index contributed by atoms with van der Waals surface area (Å²) in [7, 11) is 2.74. The minimum absolute atomic E-state index is 0.777. The van der Waals surface area contributed by atoms with Gasteiger partial charge in [-0.05, 0) is 0 Å². The largest absolute Gasteiger partial charge is 0.394 e. The van der Waals surface area contributed by atoms with Crippen LogP contribution < -0.4 is 0 Å². The van der Waals surface area contributed by atoms with E-state index in [2.05, 4.69) is 0 Å². The summed E-state index contributed by atoms with van der Waals surface area (Å²) in [5.74, 6) is -0.799. The average Bonchev–Trinajstić information content (AvgIpc) is 2.23. The van der Waals surface area contributed by atoms with Crippen LogP contribution in [-0.2, 0) is 4.79 Å². The molecule has 0 unspecified atom stereocenters. The van der Waals surface area contributed by atoms with E-state index in [-0.39, 0.29) is 0 Å². The Morgan fingerprint density at radius 1 is 1.13 bits per heavy atom. The van der Waals surface area contributed by atoms with E-state index in [9.17, 15) is 20.1 Å². The molecule has 0 heterocycles. The highest BCUT2D eigenvalue weighted by Gasteiger charge is 2.34. The zero-order valence-electron chi connectivity index (χ0n) is 8.61. The molecule has 0 aliphatic rings. The molecular formula is C8H17NO6. The molecule has 0 fully saturated rings. The summed E-state index contributed by atoms with van der Waals surface area (Å²) in [5, 5.41) is 45.2. The standard InChI is InChI=1S/C8H17NO6/c1-9(2)8(15)7(14)6(13)5(12)4(11)3-10/h4-7,10-14H,3H2,1-2H3/t4-,5-,6+,7-/m1/s1. The molecule has 4 atom stereocenters. The zero-order valence-corrected chi connectivity index (χ0v) is 8.61. The van der Waals surface area contributed by atoms with Gasteiger partial charge < -0.3 is 30.4 Å². The number of carbonyl (C=O) groups excluding carboxylic acids is 1. The van der Waals surface area contributed by atoms with Gasteiger partial charge in [0.1, 0.15) is 18.3 Å². The lowest BCUT2D eigenvalue weighted by molar-refractivity contribution is -0.156. The molecule has 0 saturated heterocycles. The lowest BCUT2D eigenvalue weighted by atomic mass is 10.0. The number of carbonyl (C=O) groups is 1. The predicted octanol–water partition coefficient (Wildman–Crippen LogP) is -3.49. The molecule has 5 N–H and O–H groups in total. The van der Waals surface area contributed by atoms with Gasteiger partial charge in [-0.25, -0.2) is 0 Å². The van der Waals surface area contributed by atoms with Crippen molar-refractivity contribution in [3.05, 3.63) is 0 Å². The summed E-state index contributed by atoms with van der Waals surface area (Å²) in [6.45, 7) is -0.777. The molecule has 90 valence electrons. The predicted molar refractivity (Wildman–Crippen MR) is 49.8 cm³/mol. The molecule has 0 rings (SSSR count). The van der Waals surface area contributed by atoms with E-state index in [0.29, 0.717) is 0 Å². The van der Waals surface area contributed by atoms with Crippen LogP contribution in [0.2, 0.25) is 0 Å². The van der Waals surface area contributed by atoms with Crippen molar-refractivity contribution in [1.82, 2.24) is 4.90 Å². The Labute approximate surface area is 87.2 Å². The smallest absolute Gasteiger partial charge is 0.253 e. The summed E-state index contributed by atoms with van der Waals surface area (Å²) in [4.78, 5) is 12.2. The quantitative estimate of drug-likeness (QED) is 0.330. The molecule has 7 nitrogen and oxygen atoms in total. The molecular weight excluding hydrogens is 206 g/mol. The topological polar surface area (TPSA) is 121 Å². The van der Waals surface area contributed by atoms with Crippen LogP contribution in [0, 0.1) is 0 Å². The SMILES string of the molecule is CN(C)C(=O)[C@H](O)[C@@H](O)[C@H](O)[C@H](O)CO. The lowest BCUT2D eigenvalue weighted by Crippen LogP contribution is -2.51. The van der Waals surface area contributed by atoms with Crippen molar-refractivity contribution in [2.24, 2.45) is 0 Å². The molecule has 0 aliphatic heterocycles. The Hall–Kier alpha value is -0.730. The monoisotopic (exact) mass is 223 g/mol. The molecule has 7 heteroatoms. The number of hydrogen-bond acceptors (Lipinski definition) is 6. The van der Waals surface area contributed by atoms with Gasteiger partial charge in [-0.1, -0.05) is 0 Å². The van der Waals surface area contributed by atoms with E-state index >= 15 is 0 Å². The number of nitrogens with zero attached hydrogens (tertiary/aromatic N) is 1. The van der Waals surface area contributed by atoms with Gasteiger partial charge in [-0.3, -0.25) is 4.79 Å². The molecule has 0 aromatic rings. The van der Waals surface area contributed by atoms with Crippen LogP contribution in [0.5, 0.6) is 0 Å². The average molecular weight is 223 g/mol. The molecule has 0 bridgehead atoms. The summed E-state index contributed by atoms with van der Waals surface area (Å²) >= 11 is 0. The number of aliphatic hydroxyl groups is 5. The fourth-order valence-corrected chi connectivity index (χ4v) is 0.933. The van der Waals surface area contributed by atoms with Gasteiger partial charge >= 0.3 is 0 Å². The third-order valence-electron chi connectivity index (χ3n) is 1.95. The van der Waals surface area contributed by atoms with E-state index in [1.54, 1.807) is 0 Å². The number of amides is 1. The Morgan fingerprint density at radius 3 is 1.93 bits per heavy atom. The second-order valence-corrected chi connectivity index (χ2v) is 3.41. The Morgan fingerprint density at radius 2 is 1.60 bits per heavy atom. The first-order chi connectivity index (χ1) is 6.82. The fourth-order valence-electron chi connectivity index (χ4n) is 0.933. The maximum absolute atomic E-state index is 11.2. The molecule has 0 saturated carbocycles. The number of hydrogen-bond donors (Lipinski definition) is 5. The summed E-state index contributed by atoms with van der Waals surface area (Å²) < 4.78 is 0. The van der Waals surface area contributed by atoms with Crippen molar-refractivity contribution in [3.8, 4) is 0 Å². The highest BCUT2D eigenvalue weighted by Crippen LogP contribution is 2.06. The first kappa shape index (κ1) is 14.3. The summed E-state index contributed by atoms with van der Waals surface area (Å²) in [5.41, 5.74) is 0. The molecule has 0 aromatic carbocycles. The Bertz CT molecular complexity index is 209. The molecule has 0 aliphatic carbocycles. The highest BCUT2D eigenvalue weighted by atomic mass is 16.4. The van der Waals surface area contributed by atoms with Crippen molar-refractivity contribution >= 4 is 5.91 Å². The maximum Gasteiger partial charge on any atom is 0.253 e. The van der Waals surface area contributed by atoms with Gasteiger partial charge in [-0.15, -0.1) is 0 Å². The Balaban J connectivity index is 4.43. The fraction of sp³-hybridized carbons (Fsp3) is 0.875. The normalized spacial score (nSPS) is 19.1. The third kappa shape index (κ3) is 3.73. The number of aliphatic hydroxyl groups excluding tert-OH is 5. The summed E-state index contributed by atoms with van der Waals surface area (Å²) in [6.07, 6.45) is -7.07.